The summed E-state index contributed by atoms with van der Waals surface area (Å²) in [6.45, 7) is 0. The molecule has 2 aliphatic heterocycles. The van der Waals surface area contributed by atoms with Gasteiger partial charge in [0.1, 0.15) is 5.75 Å². The molecule has 0 saturated carbocycles. The number of ketones is 1. The second-order valence-corrected chi connectivity index (χ2v) is 6.35. The van der Waals surface area contributed by atoms with Crippen LogP contribution in [0.1, 0.15) is 36.0 Å². The quantitative estimate of drug-likeness (QED) is 0.803. The van der Waals surface area contributed by atoms with Crippen molar-refractivity contribution in [1.82, 2.24) is 0 Å². The van der Waals surface area contributed by atoms with E-state index in [0.29, 0.717) is 0 Å². The van der Waals surface area contributed by atoms with Gasteiger partial charge in [0, 0.05) is 16.9 Å². The molecule has 0 aliphatic carbocycles. The summed E-state index contributed by atoms with van der Waals surface area (Å²) in [5.41, 5.74) is 0.822. The van der Waals surface area contributed by atoms with E-state index in [1.54, 1.807) is 7.11 Å². The van der Waals surface area contributed by atoms with Gasteiger partial charge in [0.2, 0.25) is 0 Å². The van der Waals surface area contributed by atoms with E-state index < -0.39 is 0 Å². The Labute approximate surface area is 130 Å². The number of methoxy groups -OCH3 is 1. The smallest absolute Gasteiger partial charge is 0.166 e. The predicted octanol–water partition coefficient (Wildman–Crippen LogP) is 3.99. The fraction of sp³-hybridized carbons (Fsp3) is 0.421. The van der Waals surface area contributed by atoms with Gasteiger partial charge >= 0.3 is 0 Å². The first-order valence-electron chi connectivity index (χ1n) is 8.01. The van der Waals surface area contributed by atoms with Crippen molar-refractivity contribution in [3.63, 3.8) is 0 Å². The fourth-order valence-electron chi connectivity index (χ4n) is 3.96. The molecular formula is C19H20O3. The first kappa shape index (κ1) is 13.8. The van der Waals surface area contributed by atoms with Crippen LogP contribution < -0.4 is 4.74 Å². The van der Waals surface area contributed by atoms with E-state index >= 15 is 0 Å². The zero-order valence-electron chi connectivity index (χ0n) is 12.7. The third-order valence-electron chi connectivity index (χ3n) is 5.03. The molecular weight excluding hydrogens is 276 g/mol. The molecule has 22 heavy (non-hydrogen) atoms. The number of benzene rings is 2. The number of Topliss-reactive ketones (excluding diaryl/α,β-unsaturated/α-hetero) is 1. The Kier molecular flexibility index (Phi) is 3.38. The maximum atomic E-state index is 13.0. The number of fused-ring (bicyclic) bond motifs is 3. The fourth-order valence-corrected chi connectivity index (χ4v) is 3.96. The van der Waals surface area contributed by atoms with Crippen molar-refractivity contribution in [2.45, 2.75) is 37.9 Å². The van der Waals surface area contributed by atoms with E-state index in [2.05, 4.69) is 0 Å². The molecule has 0 N–H and O–H groups in total. The molecule has 2 aromatic carbocycles. The van der Waals surface area contributed by atoms with Gasteiger partial charge in [-0.2, -0.15) is 0 Å². The molecule has 2 unspecified atom stereocenters. The van der Waals surface area contributed by atoms with Crippen LogP contribution in [0.3, 0.4) is 0 Å². The molecule has 114 valence electrons. The van der Waals surface area contributed by atoms with Crippen LogP contribution in [0.2, 0.25) is 0 Å². The summed E-state index contributed by atoms with van der Waals surface area (Å²) in [7, 11) is 1.67. The zero-order chi connectivity index (χ0) is 15.1. The van der Waals surface area contributed by atoms with E-state index in [-0.39, 0.29) is 23.9 Å². The predicted molar refractivity (Wildman–Crippen MR) is 85.4 cm³/mol. The van der Waals surface area contributed by atoms with Gasteiger partial charge in [-0.15, -0.1) is 0 Å². The Hall–Kier alpha value is -1.87. The summed E-state index contributed by atoms with van der Waals surface area (Å²) >= 11 is 0. The van der Waals surface area contributed by atoms with Crippen LogP contribution in [-0.2, 0) is 4.74 Å². The van der Waals surface area contributed by atoms with Crippen LogP contribution in [0.25, 0.3) is 10.8 Å². The number of hydrogen-bond acceptors (Lipinski definition) is 3. The summed E-state index contributed by atoms with van der Waals surface area (Å²) in [4.78, 5) is 13.0. The minimum atomic E-state index is 0.100. The summed E-state index contributed by atoms with van der Waals surface area (Å²) in [5.74, 6) is 1.18. The molecule has 0 radical (unpaired) electrons. The van der Waals surface area contributed by atoms with E-state index in [1.165, 1.54) is 0 Å². The summed E-state index contributed by atoms with van der Waals surface area (Å²) in [6, 6.07) is 11.8. The Morgan fingerprint density at radius 2 is 1.73 bits per heavy atom. The van der Waals surface area contributed by atoms with Crippen LogP contribution in [0.5, 0.6) is 5.75 Å². The maximum Gasteiger partial charge on any atom is 0.166 e. The van der Waals surface area contributed by atoms with E-state index in [0.717, 1.165) is 47.8 Å². The van der Waals surface area contributed by atoms with Gasteiger partial charge < -0.3 is 9.47 Å². The van der Waals surface area contributed by atoms with E-state index in [4.69, 9.17) is 9.47 Å². The molecule has 0 spiro atoms. The normalized spacial score (nSPS) is 27.0. The highest BCUT2D eigenvalue weighted by Crippen LogP contribution is 2.38. The van der Waals surface area contributed by atoms with Crippen LogP contribution in [-0.4, -0.2) is 25.1 Å². The molecule has 2 aliphatic rings. The Morgan fingerprint density at radius 1 is 1.05 bits per heavy atom. The van der Waals surface area contributed by atoms with Crippen molar-refractivity contribution in [3.05, 3.63) is 42.0 Å². The van der Waals surface area contributed by atoms with Crippen LogP contribution in [0.15, 0.2) is 36.4 Å². The van der Waals surface area contributed by atoms with Gasteiger partial charge in [0.15, 0.2) is 5.78 Å². The molecule has 2 bridgehead atoms. The van der Waals surface area contributed by atoms with Crippen LogP contribution in [0, 0.1) is 5.92 Å². The minimum Gasteiger partial charge on any atom is -0.496 e. The van der Waals surface area contributed by atoms with Gasteiger partial charge in [-0.25, -0.2) is 0 Å². The van der Waals surface area contributed by atoms with Crippen LogP contribution >= 0.6 is 0 Å². The molecule has 3 nitrogen and oxygen atoms in total. The van der Waals surface area contributed by atoms with Crippen molar-refractivity contribution < 1.29 is 14.3 Å². The molecule has 2 aromatic rings. The third-order valence-corrected chi connectivity index (χ3v) is 5.03. The number of hydrogen-bond donors (Lipinski definition) is 0. The minimum absolute atomic E-state index is 0.100. The van der Waals surface area contributed by atoms with Crippen molar-refractivity contribution in [1.29, 1.82) is 0 Å². The lowest BCUT2D eigenvalue weighted by molar-refractivity contribution is -0.0148. The highest BCUT2D eigenvalue weighted by molar-refractivity contribution is 6.10. The zero-order valence-corrected chi connectivity index (χ0v) is 12.7. The number of rotatable bonds is 3. The van der Waals surface area contributed by atoms with Gasteiger partial charge in [-0.3, -0.25) is 4.79 Å². The Morgan fingerprint density at radius 3 is 2.41 bits per heavy atom. The van der Waals surface area contributed by atoms with Crippen molar-refractivity contribution in [2.75, 3.05) is 7.11 Å². The average molecular weight is 296 g/mol. The molecule has 4 rings (SSSR count). The van der Waals surface area contributed by atoms with E-state index in [1.807, 2.05) is 36.4 Å². The molecule has 2 heterocycles. The molecule has 0 amide bonds. The van der Waals surface area contributed by atoms with E-state index in [9.17, 15) is 4.79 Å². The van der Waals surface area contributed by atoms with Crippen molar-refractivity contribution in [2.24, 2.45) is 5.92 Å². The summed E-state index contributed by atoms with van der Waals surface area (Å²) in [5, 5.41) is 2.00. The monoisotopic (exact) mass is 296 g/mol. The largest absolute Gasteiger partial charge is 0.496 e. The molecule has 0 aromatic heterocycles. The lowest BCUT2D eigenvalue weighted by Gasteiger charge is -2.27. The van der Waals surface area contributed by atoms with Gasteiger partial charge in [-0.1, -0.05) is 24.3 Å². The Bertz CT molecular complexity index is 710. The highest BCUT2D eigenvalue weighted by Gasteiger charge is 2.38. The van der Waals surface area contributed by atoms with Crippen molar-refractivity contribution in [3.8, 4) is 5.75 Å². The first-order chi connectivity index (χ1) is 10.8. The lowest BCUT2D eigenvalue weighted by Crippen LogP contribution is -2.30. The number of carbonyl (C=O) groups is 1. The number of carbonyl (C=O) groups excluding carboxylic acids is 1. The Balaban J connectivity index is 1.73. The van der Waals surface area contributed by atoms with Gasteiger partial charge in [0.05, 0.1) is 19.3 Å². The van der Waals surface area contributed by atoms with Gasteiger partial charge in [-0.05, 0) is 43.2 Å². The number of ether oxygens (including phenoxy) is 2. The molecule has 2 fully saturated rings. The third kappa shape index (κ3) is 2.20. The molecule has 2 saturated heterocycles. The summed E-state index contributed by atoms with van der Waals surface area (Å²) in [6.07, 6.45) is 4.54. The van der Waals surface area contributed by atoms with Gasteiger partial charge in [0.25, 0.3) is 0 Å². The average Bonchev–Trinajstić information content (AvgIpc) is 2.91. The molecule has 2 atom stereocenters. The highest BCUT2D eigenvalue weighted by atomic mass is 16.5. The van der Waals surface area contributed by atoms with Crippen molar-refractivity contribution >= 4 is 16.6 Å². The first-order valence-corrected chi connectivity index (χ1v) is 8.01. The second kappa shape index (κ2) is 5.40. The maximum absolute atomic E-state index is 13.0. The SMILES string of the molecule is COc1ccc(C(=O)C2CC3CCC(C2)O3)c2ccccc12. The lowest BCUT2D eigenvalue weighted by atomic mass is 9.86. The molecule has 3 heteroatoms. The standard InChI is InChI=1S/C19H20O3/c1-21-18-9-8-17(15-4-2-3-5-16(15)18)19(20)12-10-13-6-7-14(11-12)22-13/h2-5,8-9,12-14H,6-7,10-11H2,1H3. The topological polar surface area (TPSA) is 35.5 Å². The van der Waals surface area contributed by atoms with Crippen LogP contribution in [0.4, 0.5) is 0 Å². The second-order valence-electron chi connectivity index (χ2n) is 6.35. The summed E-state index contributed by atoms with van der Waals surface area (Å²) < 4.78 is 11.3.